The van der Waals surface area contributed by atoms with Gasteiger partial charge in [0.25, 0.3) is 0 Å². The number of benzene rings is 2. The molecule has 2 aromatic rings. The lowest BCUT2D eigenvalue weighted by molar-refractivity contribution is 0.103. The molecular formula is C15H13O3. The summed E-state index contributed by atoms with van der Waals surface area (Å²) < 4.78 is 0. The molecule has 0 saturated carbocycles. The van der Waals surface area contributed by atoms with Crippen LogP contribution in [0.3, 0.4) is 0 Å². The highest BCUT2D eigenvalue weighted by molar-refractivity contribution is 6.11. The second-order valence-electron chi connectivity index (χ2n) is 3.90. The van der Waals surface area contributed by atoms with Gasteiger partial charge in [0.05, 0.1) is 5.56 Å². The zero-order valence-corrected chi connectivity index (χ0v) is 9.76. The fourth-order valence-electron chi connectivity index (χ4n) is 1.80. The normalized spacial score (nSPS) is 10.3. The molecule has 0 unspecified atom stereocenters. The van der Waals surface area contributed by atoms with Crippen molar-refractivity contribution in [1.29, 1.82) is 0 Å². The minimum atomic E-state index is -0.275. The van der Waals surface area contributed by atoms with E-state index >= 15 is 0 Å². The molecule has 0 saturated heterocycles. The number of rotatable bonds is 3. The Morgan fingerprint density at radius 1 is 1.06 bits per heavy atom. The molecule has 91 valence electrons. The summed E-state index contributed by atoms with van der Waals surface area (Å²) in [5.74, 6) is -0.520. The number of phenolic OH excluding ortho intramolecular Hbond substituents is 2. The highest BCUT2D eigenvalue weighted by atomic mass is 16.3. The smallest absolute Gasteiger partial charge is 0.196 e. The van der Waals surface area contributed by atoms with Crippen molar-refractivity contribution in [3.63, 3.8) is 0 Å². The first-order chi connectivity index (χ1) is 8.65. The van der Waals surface area contributed by atoms with Crippen LogP contribution in [-0.2, 0) is 6.42 Å². The van der Waals surface area contributed by atoms with Crippen molar-refractivity contribution in [2.24, 2.45) is 0 Å². The summed E-state index contributed by atoms with van der Waals surface area (Å²) >= 11 is 0. The number of hydrogen-bond acceptors (Lipinski definition) is 3. The minimum Gasteiger partial charge on any atom is -0.508 e. The van der Waals surface area contributed by atoms with Gasteiger partial charge in [-0.3, -0.25) is 4.79 Å². The van der Waals surface area contributed by atoms with Crippen LogP contribution in [0.25, 0.3) is 0 Å². The van der Waals surface area contributed by atoms with Crippen molar-refractivity contribution in [2.75, 3.05) is 0 Å². The summed E-state index contributed by atoms with van der Waals surface area (Å²) in [7, 11) is 0. The van der Waals surface area contributed by atoms with Crippen LogP contribution in [0.15, 0.2) is 42.5 Å². The summed E-state index contributed by atoms with van der Waals surface area (Å²) in [5, 5.41) is 19.5. The molecule has 1 radical (unpaired) electrons. The topological polar surface area (TPSA) is 57.5 Å². The highest BCUT2D eigenvalue weighted by Crippen LogP contribution is 2.32. The lowest BCUT2D eigenvalue weighted by atomic mass is 9.98. The van der Waals surface area contributed by atoms with Crippen molar-refractivity contribution >= 4 is 5.78 Å². The Morgan fingerprint density at radius 3 is 2.33 bits per heavy atom. The van der Waals surface area contributed by atoms with Gasteiger partial charge < -0.3 is 10.2 Å². The van der Waals surface area contributed by atoms with Crippen molar-refractivity contribution in [3.05, 3.63) is 66.1 Å². The Balaban J connectivity index is 2.50. The van der Waals surface area contributed by atoms with Gasteiger partial charge in [0, 0.05) is 11.1 Å². The highest BCUT2D eigenvalue weighted by Gasteiger charge is 2.17. The van der Waals surface area contributed by atoms with E-state index in [-0.39, 0.29) is 34.8 Å². The number of phenols is 2. The van der Waals surface area contributed by atoms with Crippen LogP contribution < -0.4 is 0 Å². The quantitative estimate of drug-likeness (QED) is 0.812. The summed E-state index contributed by atoms with van der Waals surface area (Å²) in [6, 6.07) is 11.5. The number of carbonyl (C=O) groups excluding carboxylic acids is 1. The van der Waals surface area contributed by atoms with Gasteiger partial charge in [0.15, 0.2) is 5.78 Å². The number of aromatic hydroxyl groups is 2. The van der Waals surface area contributed by atoms with E-state index in [1.165, 1.54) is 12.1 Å². The van der Waals surface area contributed by atoms with Crippen LogP contribution in [0.1, 0.15) is 21.5 Å². The molecule has 0 aromatic heterocycles. The van der Waals surface area contributed by atoms with Gasteiger partial charge in [-0.15, -0.1) is 0 Å². The Kier molecular flexibility index (Phi) is 3.33. The van der Waals surface area contributed by atoms with E-state index in [9.17, 15) is 15.0 Å². The molecule has 0 atom stereocenters. The third-order valence-corrected chi connectivity index (χ3v) is 2.79. The minimum absolute atomic E-state index is 0.0490. The first-order valence-electron chi connectivity index (χ1n) is 5.58. The first kappa shape index (κ1) is 12.2. The molecule has 2 N–H and O–H groups in total. The van der Waals surface area contributed by atoms with Gasteiger partial charge in [-0.25, -0.2) is 0 Å². The van der Waals surface area contributed by atoms with Crippen molar-refractivity contribution in [2.45, 2.75) is 6.42 Å². The van der Waals surface area contributed by atoms with E-state index in [4.69, 9.17) is 0 Å². The van der Waals surface area contributed by atoms with E-state index in [1.54, 1.807) is 24.3 Å². The number of hydrogen-bond donors (Lipinski definition) is 2. The van der Waals surface area contributed by atoms with Gasteiger partial charge in [0.1, 0.15) is 11.5 Å². The molecular weight excluding hydrogens is 228 g/mol. The van der Waals surface area contributed by atoms with Crippen molar-refractivity contribution in [1.82, 2.24) is 0 Å². The zero-order chi connectivity index (χ0) is 13.1. The van der Waals surface area contributed by atoms with E-state index in [0.717, 1.165) is 0 Å². The average Bonchev–Trinajstić information content (AvgIpc) is 2.40. The maximum atomic E-state index is 12.2. The van der Waals surface area contributed by atoms with Crippen molar-refractivity contribution in [3.8, 4) is 11.5 Å². The molecule has 0 aliphatic rings. The van der Waals surface area contributed by atoms with Crippen LogP contribution in [0.2, 0.25) is 0 Å². The van der Waals surface area contributed by atoms with E-state index in [2.05, 4.69) is 6.92 Å². The molecule has 3 nitrogen and oxygen atoms in total. The molecule has 0 heterocycles. The SMILES string of the molecule is [CH2]Cc1c(O)ccc(C(=O)c2ccccc2)c1O. The molecule has 0 aliphatic heterocycles. The largest absolute Gasteiger partial charge is 0.508 e. The molecule has 2 aromatic carbocycles. The molecule has 0 spiro atoms. The number of ketones is 1. The predicted molar refractivity (Wildman–Crippen MR) is 68.7 cm³/mol. The molecule has 0 aliphatic carbocycles. The van der Waals surface area contributed by atoms with Crippen LogP contribution in [0.5, 0.6) is 11.5 Å². The van der Waals surface area contributed by atoms with Gasteiger partial charge in [-0.05, 0) is 25.5 Å². The first-order valence-corrected chi connectivity index (χ1v) is 5.58. The molecule has 0 fully saturated rings. The van der Waals surface area contributed by atoms with Gasteiger partial charge in [0.2, 0.25) is 0 Å². The van der Waals surface area contributed by atoms with Crippen molar-refractivity contribution < 1.29 is 15.0 Å². The monoisotopic (exact) mass is 241 g/mol. The summed E-state index contributed by atoms with van der Waals surface area (Å²) in [6.45, 7) is 3.62. The van der Waals surface area contributed by atoms with Gasteiger partial charge in [-0.2, -0.15) is 0 Å². The summed E-state index contributed by atoms with van der Waals surface area (Å²) in [4.78, 5) is 12.2. The number of carbonyl (C=O) groups is 1. The third kappa shape index (κ3) is 2.07. The van der Waals surface area contributed by atoms with Crippen LogP contribution in [-0.4, -0.2) is 16.0 Å². The second kappa shape index (κ2) is 4.92. The van der Waals surface area contributed by atoms with E-state index < -0.39 is 0 Å². The Hall–Kier alpha value is -2.29. The maximum Gasteiger partial charge on any atom is 0.196 e. The Morgan fingerprint density at radius 2 is 1.72 bits per heavy atom. The fraction of sp³-hybridized carbons (Fsp3) is 0.0667. The van der Waals surface area contributed by atoms with Gasteiger partial charge in [-0.1, -0.05) is 30.3 Å². The average molecular weight is 241 g/mol. The molecule has 2 rings (SSSR count). The second-order valence-corrected chi connectivity index (χ2v) is 3.90. The lowest BCUT2D eigenvalue weighted by Gasteiger charge is -2.09. The molecule has 18 heavy (non-hydrogen) atoms. The molecule has 0 bridgehead atoms. The summed E-state index contributed by atoms with van der Waals surface area (Å²) in [6.07, 6.45) is 0.216. The standard InChI is InChI=1S/C15H13O3/c1-2-11-13(16)9-8-12(15(11)18)14(17)10-6-4-3-5-7-10/h3-9,16,18H,1-2H2. The van der Waals surface area contributed by atoms with E-state index in [0.29, 0.717) is 5.56 Å². The third-order valence-electron chi connectivity index (χ3n) is 2.79. The van der Waals surface area contributed by atoms with Gasteiger partial charge >= 0.3 is 0 Å². The van der Waals surface area contributed by atoms with Crippen LogP contribution in [0.4, 0.5) is 0 Å². The Bertz CT molecular complexity index is 574. The molecule has 0 amide bonds. The van der Waals surface area contributed by atoms with E-state index in [1.807, 2.05) is 6.07 Å². The van der Waals surface area contributed by atoms with Crippen LogP contribution in [0, 0.1) is 6.92 Å². The summed E-state index contributed by atoms with van der Waals surface area (Å²) in [5.41, 5.74) is 0.961. The maximum absolute atomic E-state index is 12.2. The molecule has 3 heteroatoms. The lowest BCUT2D eigenvalue weighted by Crippen LogP contribution is -2.02. The predicted octanol–water partition coefficient (Wildman–Crippen LogP) is 2.71. The Labute approximate surface area is 105 Å². The zero-order valence-electron chi connectivity index (χ0n) is 9.76. The fourth-order valence-corrected chi connectivity index (χ4v) is 1.80. The van der Waals surface area contributed by atoms with Crippen LogP contribution >= 0.6 is 0 Å².